The molecule has 2 aromatic carbocycles. The first-order valence-corrected chi connectivity index (χ1v) is 8.88. The van der Waals surface area contributed by atoms with E-state index < -0.39 is 5.97 Å². The quantitative estimate of drug-likeness (QED) is 0.533. The zero-order chi connectivity index (χ0) is 18.7. The van der Waals surface area contributed by atoms with Crippen molar-refractivity contribution in [2.24, 2.45) is 0 Å². The number of fused-ring (bicyclic) bond motifs is 1. The van der Waals surface area contributed by atoms with Gasteiger partial charge in [-0.3, -0.25) is 4.79 Å². The second kappa shape index (κ2) is 7.74. The third-order valence-electron chi connectivity index (χ3n) is 3.51. The highest BCUT2D eigenvalue weighted by Crippen LogP contribution is 2.35. The van der Waals surface area contributed by atoms with E-state index in [0.29, 0.717) is 17.1 Å². The van der Waals surface area contributed by atoms with Crippen LogP contribution in [-0.4, -0.2) is 24.5 Å². The van der Waals surface area contributed by atoms with Crippen molar-refractivity contribution in [3.8, 4) is 11.5 Å². The molecule has 1 aliphatic heterocycles. The summed E-state index contributed by atoms with van der Waals surface area (Å²) in [5.41, 5.74) is 1.31. The van der Waals surface area contributed by atoms with Gasteiger partial charge >= 0.3 is 5.97 Å². The molecule has 0 fully saturated rings. The maximum absolute atomic E-state index is 12.5. The maximum Gasteiger partial charge on any atom is 0.344 e. The summed E-state index contributed by atoms with van der Waals surface area (Å²) in [5, 5.41) is 0. The van der Waals surface area contributed by atoms with Crippen molar-refractivity contribution in [2.45, 2.75) is 20.0 Å². The fourth-order valence-electron chi connectivity index (χ4n) is 2.44. The van der Waals surface area contributed by atoms with Gasteiger partial charge in [0, 0.05) is 10.5 Å². The lowest BCUT2D eigenvalue weighted by atomic mass is 10.1. The van der Waals surface area contributed by atoms with Crippen LogP contribution < -0.4 is 9.47 Å². The number of carbonyl (C=O) groups is 2. The van der Waals surface area contributed by atoms with Gasteiger partial charge in [-0.2, -0.15) is 0 Å². The molecule has 5 nitrogen and oxygen atoms in total. The normalized spacial score (nSPS) is 14.3. The predicted octanol–water partition coefficient (Wildman–Crippen LogP) is 4.40. The minimum atomic E-state index is -0.451. The van der Waals surface area contributed by atoms with Crippen LogP contribution >= 0.6 is 15.9 Å². The number of ether oxygens (including phenoxy) is 3. The first-order valence-electron chi connectivity index (χ1n) is 8.08. The van der Waals surface area contributed by atoms with Crippen LogP contribution in [0.25, 0.3) is 6.08 Å². The van der Waals surface area contributed by atoms with E-state index in [0.717, 1.165) is 10.0 Å². The lowest BCUT2D eigenvalue weighted by Crippen LogP contribution is -2.18. The Morgan fingerprint density at radius 3 is 2.77 bits per heavy atom. The number of ketones is 1. The van der Waals surface area contributed by atoms with E-state index in [4.69, 9.17) is 14.2 Å². The molecule has 26 heavy (non-hydrogen) atoms. The SMILES string of the molecule is CC(C)OC(=O)COc1ccc2c(c1)O/C(=C\c1cccc(Br)c1)C2=O. The summed E-state index contributed by atoms with van der Waals surface area (Å²) in [4.78, 5) is 24.0. The molecule has 0 saturated carbocycles. The van der Waals surface area contributed by atoms with E-state index in [9.17, 15) is 9.59 Å². The smallest absolute Gasteiger partial charge is 0.344 e. The number of allylic oxidation sites excluding steroid dienone is 1. The van der Waals surface area contributed by atoms with E-state index in [-0.39, 0.29) is 24.3 Å². The van der Waals surface area contributed by atoms with Crippen molar-refractivity contribution in [1.29, 1.82) is 0 Å². The number of Topliss-reactive ketones (excluding diaryl/α,β-unsaturated/α-hetero) is 1. The van der Waals surface area contributed by atoms with Crippen LogP contribution in [0.1, 0.15) is 29.8 Å². The summed E-state index contributed by atoms with van der Waals surface area (Å²) in [5.74, 6) is 0.444. The number of hydrogen-bond donors (Lipinski definition) is 0. The van der Waals surface area contributed by atoms with E-state index >= 15 is 0 Å². The summed E-state index contributed by atoms with van der Waals surface area (Å²) >= 11 is 3.40. The molecule has 134 valence electrons. The Balaban J connectivity index is 1.73. The van der Waals surface area contributed by atoms with Gasteiger partial charge in [0.1, 0.15) is 11.5 Å². The number of benzene rings is 2. The van der Waals surface area contributed by atoms with E-state index in [1.54, 1.807) is 38.1 Å². The molecule has 0 amide bonds. The molecule has 0 atom stereocenters. The minimum absolute atomic E-state index is 0.189. The van der Waals surface area contributed by atoms with Gasteiger partial charge in [0.25, 0.3) is 0 Å². The van der Waals surface area contributed by atoms with E-state index in [2.05, 4.69) is 15.9 Å². The summed E-state index contributed by atoms with van der Waals surface area (Å²) < 4.78 is 17.0. The molecule has 2 aromatic rings. The molecular formula is C20H17BrO5. The number of carbonyl (C=O) groups excluding carboxylic acids is 2. The van der Waals surface area contributed by atoms with Crippen molar-refractivity contribution in [2.75, 3.05) is 6.61 Å². The van der Waals surface area contributed by atoms with E-state index in [1.165, 1.54) is 0 Å². The second-order valence-electron chi connectivity index (χ2n) is 5.98. The van der Waals surface area contributed by atoms with Crippen molar-refractivity contribution in [3.05, 3.63) is 63.8 Å². The standard InChI is InChI=1S/C20H17BrO5/c1-12(2)25-19(22)11-24-15-6-7-16-17(10-15)26-18(20(16)23)9-13-4-3-5-14(21)8-13/h3-10,12H,11H2,1-2H3/b18-9-. The van der Waals surface area contributed by atoms with Gasteiger partial charge in [-0.05, 0) is 49.8 Å². The molecule has 0 unspecified atom stereocenters. The first kappa shape index (κ1) is 18.2. The van der Waals surface area contributed by atoms with Gasteiger partial charge in [-0.15, -0.1) is 0 Å². The van der Waals surface area contributed by atoms with Crippen LogP contribution in [0.2, 0.25) is 0 Å². The van der Waals surface area contributed by atoms with Crippen molar-refractivity contribution in [3.63, 3.8) is 0 Å². The highest BCUT2D eigenvalue weighted by atomic mass is 79.9. The third-order valence-corrected chi connectivity index (χ3v) is 4.00. The Kier molecular flexibility index (Phi) is 5.42. The van der Waals surface area contributed by atoms with Crippen LogP contribution in [-0.2, 0) is 9.53 Å². The molecule has 0 bridgehead atoms. The molecule has 1 heterocycles. The second-order valence-corrected chi connectivity index (χ2v) is 6.90. The summed E-state index contributed by atoms with van der Waals surface area (Å²) in [6.07, 6.45) is 1.49. The molecule has 0 aromatic heterocycles. The average molecular weight is 417 g/mol. The molecule has 3 rings (SSSR count). The van der Waals surface area contributed by atoms with Crippen LogP contribution in [0.15, 0.2) is 52.7 Å². The van der Waals surface area contributed by atoms with Crippen LogP contribution in [0.5, 0.6) is 11.5 Å². The molecule has 1 aliphatic rings. The predicted molar refractivity (Wildman–Crippen MR) is 100 cm³/mol. The molecule has 0 radical (unpaired) electrons. The molecule has 0 N–H and O–H groups in total. The Morgan fingerprint density at radius 1 is 1.23 bits per heavy atom. The van der Waals surface area contributed by atoms with Gasteiger partial charge < -0.3 is 14.2 Å². The topological polar surface area (TPSA) is 61.8 Å². The molecule has 6 heteroatoms. The minimum Gasteiger partial charge on any atom is -0.482 e. The molecule has 0 aliphatic carbocycles. The highest BCUT2D eigenvalue weighted by Gasteiger charge is 2.27. The Hall–Kier alpha value is -2.60. The Bertz CT molecular complexity index is 886. The van der Waals surface area contributed by atoms with Gasteiger partial charge in [0.2, 0.25) is 5.78 Å². The lowest BCUT2D eigenvalue weighted by molar-refractivity contribution is -0.149. The zero-order valence-electron chi connectivity index (χ0n) is 14.3. The monoisotopic (exact) mass is 416 g/mol. The van der Waals surface area contributed by atoms with Crippen molar-refractivity contribution < 1.29 is 23.8 Å². The van der Waals surface area contributed by atoms with Gasteiger partial charge in [0.15, 0.2) is 12.4 Å². The van der Waals surface area contributed by atoms with Crippen molar-refractivity contribution >= 4 is 33.8 Å². The van der Waals surface area contributed by atoms with Gasteiger partial charge in [-0.1, -0.05) is 28.1 Å². The largest absolute Gasteiger partial charge is 0.482 e. The zero-order valence-corrected chi connectivity index (χ0v) is 15.9. The Morgan fingerprint density at radius 2 is 2.04 bits per heavy atom. The number of esters is 1. The average Bonchev–Trinajstić information content (AvgIpc) is 2.88. The number of hydrogen-bond acceptors (Lipinski definition) is 5. The fraction of sp³-hybridized carbons (Fsp3) is 0.200. The Labute approximate surface area is 159 Å². The van der Waals surface area contributed by atoms with Gasteiger partial charge in [0.05, 0.1) is 11.7 Å². The molecular weight excluding hydrogens is 400 g/mol. The maximum atomic E-state index is 12.5. The number of halogens is 1. The fourth-order valence-corrected chi connectivity index (χ4v) is 2.86. The highest BCUT2D eigenvalue weighted by molar-refractivity contribution is 9.10. The number of rotatable bonds is 5. The van der Waals surface area contributed by atoms with Crippen LogP contribution in [0.3, 0.4) is 0 Å². The van der Waals surface area contributed by atoms with Crippen LogP contribution in [0, 0.1) is 0 Å². The molecule has 0 saturated heterocycles. The summed E-state index contributed by atoms with van der Waals surface area (Å²) in [7, 11) is 0. The van der Waals surface area contributed by atoms with Gasteiger partial charge in [-0.25, -0.2) is 4.79 Å². The summed E-state index contributed by atoms with van der Waals surface area (Å²) in [6, 6.07) is 12.4. The van der Waals surface area contributed by atoms with Crippen LogP contribution in [0.4, 0.5) is 0 Å². The van der Waals surface area contributed by atoms with E-state index in [1.807, 2.05) is 24.3 Å². The molecule has 0 spiro atoms. The summed E-state index contributed by atoms with van der Waals surface area (Å²) in [6.45, 7) is 3.34. The van der Waals surface area contributed by atoms with Crippen molar-refractivity contribution in [1.82, 2.24) is 0 Å². The third kappa shape index (κ3) is 4.32. The first-order chi connectivity index (χ1) is 12.4. The lowest BCUT2D eigenvalue weighted by Gasteiger charge is -2.09.